The van der Waals surface area contributed by atoms with E-state index in [1.807, 2.05) is 12.1 Å². The molecule has 2 atom stereocenters. The molecule has 2 N–H and O–H groups in total. The van der Waals surface area contributed by atoms with Gasteiger partial charge in [0.05, 0.1) is 7.11 Å². The average molecular weight is 289 g/mol. The molecule has 2 saturated heterocycles. The average Bonchev–Trinajstić information content (AvgIpc) is 2.49. The lowest BCUT2D eigenvalue weighted by molar-refractivity contribution is 0.0108. The van der Waals surface area contributed by atoms with Gasteiger partial charge in [-0.15, -0.1) is 0 Å². The topological polar surface area (TPSA) is 41.7 Å². The Balaban J connectivity index is 1.72. The third-order valence-electron chi connectivity index (χ3n) is 5.00. The molecule has 0 aliphatic carbocycles. The highest BCUT2D eigenvalue weighted by Gasteiger charge is 2.33. The molecule has 2 aliphatic heterocycles. The summed E-state index contributed by atoms with van der Waals surface area (Å²) in [5.74, 6) is 0.910. The highest BCUT2D eigenvalue weighted by atomic mass is 16.5. The fraction of sp³-hybridized carbons (Fsp3) is 0.647. The van der Waals surface area contributed by atoms with Gasteiger partial charge in [0.1, 0.15) is 5.75 Å². The number of fused-ring (bicyclic) bond motifs is 1. The molecule has 1 aromatic rings. The molecule has 4 nitrogen and oxygen atoms in total. The molecule has 2 unspecified atom stereocenters. The lowest BCUT2D eigenvalue weighted by Crippen LogP contribution is -2.58. The smallest absolute Gasteiger partial charge is 0.125 e. The van der Waals surface area contributed by atoms with Crippen molar-refractivity contribution < 1.29 is 4.74 Å². The molecule has 21 heavy (non-hydrogen) atoms. The predicted octanol–water partition coefficient (Wildman–Crippen LogP) is 2.34. The Morgan fingerprint density at radius 3 is 2.95 bits per heavy atom. The van der Waals surface area contributed by atoms with Crippen LogP contribution in [0.1, 0.15) is 31.7 Å². The lowest BCUT2D eigenvalue weighted by atomic mass is 9.96. The van der Waals surface area contributed by atoms with Gasteiger partial charge in [0.15, 0.2) is 0 Å². The number of nitrogen functional groups attached to an aromatic ring is 1. The molecule has 0 aromatic heterocycles. The van der Waals surface area contributed by atoms with Crippen LogP contribution in [-0.4, -0.2) is 48.6 Å². The van der Waals surface area contributed by atoms with Gasteiger partial charge in [-0.3, -0.25) is 9.80 Å². The minimum atomic E-state index is 0.599. The molecule has 3 rings (SSSR count). The summed E-state index contributed by atoms with van der Waals surface area (Å²) in [5.41, 5.74) is 7.85. The SMILES string of the molecule is COc1cc(N)ccc1CN1CC2CCCCN2CC1C. The van der Waals surface area contributed by atoms with Gasteiger partial charge in [0.2, 0.25) is 0 Å². The first-order valence-corrected chi connectivity index (χ1v) is 8.08. The second-order valence-corrected chi connectivity index (χ2v) is 6.49. The van der Waals surface area contributed by atoms with Crippen molar-refractivity contribution in [1.29, 1.82) is 0 Å². The molecule has 0 spiro atoms. The standard InChI is InChI=1S/C17H27N3O/c1-13-10-19-8-4-3-5-16(19)12-20(13)11-14-6-7-15(18)9-17(14)21-2/h6-7,9,13,16H,3-5,8,10-12,18H2,1-2H3. The Hall–Kier alpha value is -1.26. The van der Waals surface area contributed by atoms with Crippen LogP contribution in [-0.2, 0) is 6.54 Å². The van der Waals surface area contributed by atoms with E-state index in [1.165, 1.54) is 44.5 Å². The van der Waals surface area contributed by atoms with E-state index in [1.54, 1.807) is 7.11 Å². The molecule has 116 valence electrons. The van der Waals surface area contributed by atoms with Crippen molar-refractivity contribution in [3.63, 3.8) is 0 Å². The quantitative estimate of drug-likeness (QED) is 0.867. The van der Waals surface area contributed by atoms with Crippen molar-refractivity contribution in [3.05, 3.63) is 23.8 Å². The maximum absolute atomic E-state index is 5.85. The Morgan fingerprint density at radius 1 is 1.29 bits per heavy atom. The number of rotatable bonds is 3. The highest BCUT2D eigenvalue weighted by Crippen LogP contribution is 2.28. The second-order valence-electron chi connectivity index (χ2n) is 6.49. The fourth-order valence-electron chi connectivity index (χ4n) is 3.74. The van der Waals surface area contributed by atoms with Crippen LogP contribution >= 0.6 is 0 Å². The molecule has 2 fully saturated rings. The minimum Gasteiger partial charge on any atom is -0.496 e. The number of nitrogens with zero attached hydrogens (tertiary/aromatic N) is 2. The van der Waals surface area contributed by atoms with Gasteiger partial charge in [-0.05, 0) is 32.4 Å². The van der Waals surface area contributed by atoms with E-state index in [2.05, 4.69) is 22.8 Å². The third kappa shape index (κ3) is 3.16. The number of hydrogen-bond donors (Lipinski definition) is 1. The number of benzene rings is 1. The van der Waals surface area contributed by atoms with E-state index in [4.69, 9.17) is 10.5 Å². The molecule has 0 radical (unpaired) electrons. The Bertz CT molecular complexity index is 491. The van der Waals surface area contributed by atoms with Crippen molar-refractivity contribution in [1.82, 2.24) is 9.80 Å². The number of piperazine rings is 1. The zero-order valence-corrected chi connectivity index (χ0v) is 13.2. The summed E-state index contributed by atoms with van der Waals surface area (Å²) in [4.78, 5) is 5.28. The maximum Gasteiger partial charge on any atom is 0.125 e. The van der Waals surface area contributed by atoms with E-state index >= 15 is 0 Å². The van der Waals surface area contributed by atoms with Crippen LogP contribution in [0.2, 0.25) is 0 Å². The summed E-state index contributed by atoms with van der Waals surface area (Å²) in [5, 5.41) is 0. The van der Waals surface area contributed by atoms with E-state index in [0.29, 0.717) is 6.04 Å². The summed E-state index contributed by atoms with van der Waals surface area (Å²) in [6, 6.07) is 7.35. The van der Waals surface area contributed by atoms with Gasteiger partial charge < -0.3 is 10.5 Å². The molecule has 1 aromatic carbocycles. The first kappa shape index (κ1) is 14.7. The number of hydrogen-bond acceptors (Lipinski definition) is 4. The third-order valence-corrected chi connectivity index (χ3v) is 5.00. The van der Waals surface area contributed by atoms with Crippen molar-refractivity contribution in [2.45, 2.75) is 44.8 Å². The summed E-state index contributed by atoms with van der Waals surface area (Å²) in [6.07, 6.45) is 4.10. The number of ether oxygens (including phenoxy) is 1. The highest BCUT2D eigenvalue weighted by molar-refractivity contribution is 5.48. The van der Waals surface area contributed by atoms with E-state index in [0.717, 1.165) is 24.0 Å². The van der Waals surface area contributed by atoms with Gasteiger partial charge >= 0.3 is 0 Å². The maximum atomic E-state index is 5.85. The summed E-state index contributed by atoms with van der Waals surface area (Å²) in [6.45, 7) is 6.95. The summed E-state index contributed by atoms with van der Waals surface area (Å²) < 4.78 is 5.49. The molecule has 2 aliphatic rings. The van der Waals surface area contributed by atoms with Crippen LogP contribution in [0.15, 0.2) is 18.2 Å². The van der Waals surface area contributed by atoms with Crippen molar-refractivity contribution in [2.24, 2.45) is 0 Å². The molecular weight excluding hydrogens is 262 g/mol. The normalized spacial score (nSPS) is 27.3. The Morgan fingerprint density at radius 2 is 2.14 bits per heavy atom. The minimum absolute atomic E-state index is 0.599. The van der Waals surface area contributed by atoms with Crippen LogP contribution < -0.4 is 10.5 Å². The van der Waals surface area contributed by atoms with E-state index in [-0.39, 0.29) is 0 Å². The lowest BCUT2D eigenvalue weighted by Gasteiger charge is -2.47. The second kappa shape index (κ2) is 6.24. The van der Waals surface area contributed by atoms with Gasteiger partial charge in [-0.1, -0.05) is 12.5 Å². The van der Waals surface area contributed by atoms with Crippen LogP contribution in [0.25, 0.3) is 0 Å². The zero-order chi connectivity index (χ0) is 14.8. The number of anilines is 1. The first-order valence-electron chi connectivity index (χ1n) is 8.08. The molecule has 4 heteroatoms. The van der Waals surface area contributed by atoms with Gasteiger partial charge in [0.25, 0.3) is 0 Å². The first-order chi connectivity index (χ1) is 10.2. The van der Waals surface area contributed by atoms with E-state index in [9.17, 15) is 0 Å². The van der Waals surface area contributed by atoms with E-state index < -0.39 is 0 Å². The summed E-state index contributed by atoms with van der Waals surface area (Å²) >= 11 is 0. The van der Waals surface area contributed by atoms with Crippen molar-refractivity contribution >= 4 is 5.69 Å². The van der Waals surface area contributed by atoms with Crippen molar-refractivity contribution in [3.8, 4) is 5.75 Å². The largest absolute Gasteiger partial charge is 0.496 e. The number of piperidine rings is 1. The van der Waals surface area contributed by atoms with Crippen LogP contribution in [0, 0.1) is 0 Å². The van der Waals surface area contributed by atoms with Crippen LogP contribution in [0.4, 0.5) is 5.69 Å². The number of nitrogens with two attached hydrogens (primary N) is 1. The number of methoxy groups -OCH3 is 1. The van der Waals surface area contributed by atoms with Gasteiger partial charge in [-0.2, -0.15) is 0 Å². The molecule has 0 amide bonds. The Kier molecular flexibility index (Phi) is 4.36. The molecule has 0 bridgehead atoms. The predicted molar refractivity (Wildman–Crippen MR) is 86.5 cm³/mol. The Labute approximate surface area is 127 Å². The molecule has 2 heterocycles. The van der Waals surface area contributed by atoms with Gasteiger partial charge in [-0.25, -0.2) is 0 Å². The van der Waals surface area contributed by atoms with Crippen molar-refractivity contribution in [2.75, 3.05) is 32.5 Å². The molecular formula is C17H27N3O. The van der Waals surface area contributed by atoms with Crippen LogP contribution in [0.3, 0.4) is 0 Å². The zero-order valence-electron chi connectivity index (χ0n) is 13.2. The van der Waals surface area contributed by atoms with Gasteiger partial charge in [0, 0.05) is 49.0 Å². The summed E-state index contributed by atoms with van der Waals surface area (Å²) in [7, 11) is 1.72. The molecule has 0 saturated carbocycles. The fourth-order valence-corrected chi connectivity index (χ4v) is 3.74. The monoisotopic (exact) mass is 289 g/mol. The van der Waals surface area contributed by atoms with Crippen LogP contribution in [0.5, 0.6) is 5.75 Å².